The monoisotopic (exact) mass is 1040 g/mol. The Morgan fingerprint density at radius 1 is 0.985 bits per heavy atom. The molecule has 0 fully saturated rings. The Balaban J connectivity index is 0.000000312. The Labute approximate surface area is 405 Å². The molecule has 0 radical (unpaired) electrons. The van der Waals surface area contributed by atoms with Crippen molar-refractivity contribution in [3.63, 3.8) is 0 Å². The van der Waals surface area contributed by atoms with E-state index in [2.05, 4.69) is 23.9 Å². The number of methoxy groups -OCH3 is 2. The number of alkyl halides is 3. The summed E-state index contributed by atoms with van der Waals surface area (Å²) < 4.78 is 30.7. The lowest BCUT2D eigenvalue weighted by atomic mass is 10.0. The van der Waals surface area contributed by atoms with Crippen molar-refractivity contribution in [2.24, 2.45) is 0 Å². The number of nitrogens with zero attached hydrogens (tertiary/aromatic N) is 3. The van der Waals surface area contributed by atoms with Crippen LogP contribution in [0.4, 0.5) is 17.1 Å². The van der Waals surface area contributed by atoms with Gasteiger partial charge in [0.1, 0.15) is 42.0 Å². The first kappa shape index (κ1) is 57.4. The van der Waals surface area contributed by atoms with Gasteiger partial charge in [-0.25, -0.2) is 4.79 Å². The van der Waals surface area contributed by atoms with Gasteiger partial charge in [-0.3, -0.25) is 39.3 Å². The molecule has 2 amide bonds. The van der Waals surface area contributed by atoms with Gasteiger partial charge >= 0.3 is 19.5 Å². The minimum absolute atomic E-state index is 0.0371. The zero-order valence-corrected chi connectivity index (χ0v) is 40.8. The molecule has 0 aliphatic carbocycles. The lowest BCUT2D eigenvalue weighted by Gasteiger charge is -2.35. The molecule has 0 bridgehead atoms. The smallest absolute Gasteiger partial charge is 0.345 e. The van der Waals surface area contributed by atoms with E-state index < -0.39 is 42.1 Å². The molecule has 1 heterocycles. The third-order valence-electron chi connectivity index (χ3n) is 8.66. The van der Waals surface area contributed by atoms with Crippen LogP contribution in [-0.4, -0.2) is 101 Å². The molecule has 66 heavy (non-hydrogen) atoms. The van der Waals surface area contributed by atoms with Gasteiger partial charge in [-0.2, -0.15) is 0 Å². The van der Waals surface area contributed by atoms with Gasteiger partial charge < -0.3 is 38.7 Å². The molecule has 1 aliphatic heterocycles. The number of para-hydroxylation sites is 3. The van der Waals surface area contributed by atoms with E-state index in [0.717, 1.165) is 48.5 Å². The van der Waals surface area contributed by atoms with Crippen LogP contribution in [0, 0.1) is 10.1 Å². The molecule has 1 unspecified atom stereocenters. The molecule has 4 aromatic rings. The number of fused-ring (bicyclic) bond motifs is 1. The third kappa shape index (κ3) is 18.2. The Hall–Kier alpha value is -4.72. The second-order valence-electron chi connectivity index (χ2n) is 13.4. The van der Waals surface area contributed by atoms with Crippen molar-refractivity contribution in [2.75, 3.05) is 56.1 Å². The number of hydrogen-bond acceptors (Lipinski definition) is 12. The molecule has 4 aromatic carbocycles. The second-order valence-corrected chi connectivity index (χ2v) is 17.2. The Bertz CT molecular complexity index is 2320. The third-order valence-corrected chi connectivity index (χ3v) is 10.4. The number of nitro groups is 1. The Kier molecular flexibility index (Phi) is 24.8. The molecule has 0 spiro atoms. The lowest BCUT2D eigenvalue weighted by Crippen LogP contribution is -2.47. The number of carboxylic acid groups (broad SMARTS) is 1. The van der Waals surface area contributed by atoms with Gasteiger partial charge in [-0.15, -0.1) is 11.6 Å². The highest BCUT2D eigenvalue weighted by Gasteiger charge is 2.32. The van der Waals surface area contributed by atoms with Gasteiger partial charge in [-0.1, -0.05) is 90.6 Å². The lowest BCUT2D eigenvalue weighted by molar-refractivity contribution is -0.385. The molecule has 0 saturated heterocycles. The number of nitrogens with one attached hydrogen (secondary N) is 1. The van der Waals surface area contributed by atoms with Crippen molar-refractivity contribution in [2.45, 2.75) is 44.5 Å². The van der Waals surface area contributed by atoms with E-state index >= 15 is 0 Å². The van der Waals surface area contributed by atoms with Crippen molar-refractivity contribution in [3.05, 3.63) is 116 Å². The van der Waals surface area contributed by atoms with Crippen LogP contribution in [0.15, 0.2) is 78.9 Å². The summed E-state index contributed by atoms with van der Waals surface area (Å²) in [5.74, 6) is -1.27. The maximum absolute atomic E-state index is 12.0. The topological polar surface area (TPSA) is 245 Å². The van der Waals surface area contributed by atoms with Gasteiger partial charge in [0.2, 0.25) is 5.91 Å². The summed E-state index contributed by atoms with van der Waals surface area (Å²) in [6.07, 6.45) is 1.15. The van der Waals surface area contributed by atoms with Crippen molar-refractivity contribution >= 4 is 106 Å². The highest BCUT2D eigenvalue weighted by Crippen LogP contribution is 2.36. The van der Waals surface area contributed by atoms with Gasteiger partial charge in [0.15, 0.2) is 4.84 Å². The fourth-order valence-electron chi connectivity index (χ4n) is 5.77. The van der Waals surface area contributed by atoms with Crippen LogP contribution in [0.5, 0.6) is 17.2 Å². The first-order chi connectivity index (χ1) is 31.1. The number of rotatable bonds is 15. The average molecular weight is 1040 g/mol. The molecule has 0 saturated carbocycles. The minimum atomic E-state index is -4.10. The first-order valence-corrected chi connectivity index (χ1v) is 23.4. The number of esters is 1. The van der Waals surface area contributed by atoms with E-state index in [4.69, 9.17) is 87.1 Å². The molecular weight excluding hydrogens is 993 g/mol. The summed E-state index contributed by atoms with van der Waals surface area (Å²) in [7, 11) is -1.38. The molecule has 0 aromatic heterocycles. The molecule has 360 valence electrons. The quantitative estimate of drug-likeness (QED) is 0.0217. The summed E-state index contributed by atoms with van der Waals surface area (Å²) in [4.78, 5) is 74.0. The highest BCUT2D eigenvalue weighted by molar-refractivity contribution is 7.51. The molecule has 5 rings (SSSR count). The van der Waals surface area contributed by atoms with E-state index in [9.17, 15) is 33.9 Å². The number of amides is 2. The molecule has 24 heteroatoms. The number of halogens is 5. The van der Waals surface area contributed by atoms with Crippen LogP contribution in [0.2, 0.25) is 10.0 Å². The van der Waals surface area contributed by atoms with E-state index in [1.165, 1.54) is 18.2 Å². The van der Waals surface area contributed by atoms with Crippen LogP contribution in [0.25, 0.3) is 0 Å². The zero-order chi connectivity index (χ0) is 49.7. The fourth-order valence-corrected chi connectivity index (χ4v) is 6.98. The molecule has 18 nitrogen and oxygen atoms in total. The maximum Gasteiger partial charge on any atom is 0.345 e. The number of aryl methyl sites for hydroxylation is 2. The van der Waals surface area contributed by atoms with E-state index in [0.29, 0.717) is 23.1 Å². The summed E-state index contributed by atoms with van der Waals surface area (Å²) in [5.41, 5.74) is 3.37. The number of hydrogen-bond donors (Lipinski definition) is 4. The Morgan fingerprint density at radius 3 is 2.14 bits per heavy atom. The highest BCUT2D eigenvalue weighted by atomic mass is 35.5. The van der Waals surface area contributed by atoms with E-state index in [1.54, 1.807) is 29.0 Å². The predicted octanol–water partition coefficient (Wildman–Crippen LogP) is 8.87. The SMILES string of the molecule is CC1COc2ccccc2N1C(=O)C(Cl)Cl.CCc1cccc(CC)c1N(COC)C(=O)CCl.COC(=O)c1cc(Oc2ccc(Cl)cc2Cl)ccc1[N+](=O)[O-].O=C(O)CNCP(=O)(O)O. The van der Waals surface area contributed by atoms with Crippen molar-refractivity contribution in [1.29, 1.82) is 0 Å². The summed E-state index contributed by atoms with van der Waals surface area (Å²) in [5, 5.41) is 21.7. The van der Waals surface area contributed by atoms with E-state index in [1.807, 2.05) is 49.4 Å². The van der Waals surface area contributed by atoms with Crippen LogP contribution in [0.1, 0.15) is 42.3 Å². The summed E-state index contributed by atoms with van der Waals surface area (Å²) >= 11 is 28.7. The van der Waals surface area contributed by atoms with Gasteiger partial charge in [-0.05, 0) is 67.3 Å². The van der Waals surface area contributed by atoms with Crippen LogP contribution in [-0.2, 0) is 41.3 Å². The fraction of sp³-hybridized carbons (Fsp3) is 0.333. The van der Waals surface area contributed by atoms with Gasteiger partial charge in [0.05, 0.1) is 47.3 Å². The van der Waals surface area contributed by atoms with E-state index in [-0.39, 0.29) is 52.5 Å². The molecular formula is C42H48Cl5N4O14P. The van der Waals surface area contributed by atoms with Crippen LogP contribution in [0.3, 0.4) is 0 Å². The standard InChI is InChI=1S/C14H9Cl2NO5.C14H20ClNO2.C11H11Cl2NO2.C3H8NO5P/c1-21-14(18)10-7-9(3-4-12(10)17(19)20)22-13-5-2-8(15)6-11(13)16;1-4-11-7-6-8-12(5-2)14(11)16(10-18-3)13(17)9-15;1-7-6-16-9-5-3-2-4-8(9)14(7)11(15)10(12)13;5-3(6)1-4-2-10(7,8)9/h2-7H,1H3;6-8H,4-5,9-10H2,1-3H3;2-5,7,10H,6H2,1H3;4H,1-2H2,(H,5,6)(H2,7,8,9). The summed E-state index contributed by atoms with van der Waals surface area (Å²) in [6, 6.07) is 21.7. The second kappa shape index (κ2) is 28.5. The zero-order valence-electron chi connectivity index (χ0n) is 36.1. The van der Waals surface area contributed by atoms with Gasteiger partial charge in [0, 0.05) is 24.3 Å². The van der Waals surface area contributed by atoms with Crippen molar-refractivity contribution in [1.82, 2.24) is 5.32 Å². The molecule has 1 aliphatic rings. The largest absolute Gasteiger partial charge is 0.489 e. The first-order valence-electron chi connectivity index (χ1n) is 19.4. The number of aliphatic carboxylic acids is 1. The number of anilines is 2. The number of carbonyl (C=O) groups excluding carboxylic acids is 3. The normalized spacial score (nSPS) is 12.6. The number of carbonyl (C=O) groups is 4. The molecule has 4 N–H and O–H groups in total. The minimum Gasteiger partial charge on any atom is -0.489 e. The van der Waals surface area contributed by atoms with Crippen LogP contribution >= 0.6 is 65.6 Å². The molecule has 1 atom stereocenters. The number of ether oxygens (including phenoxy) is 4. The maximum atomic E-state index is 12.0. The van der Waals surface area contributed by atoms with Gasteiger partial charge in [0.25, 0.3) is 11.6 Å². The number of nitro benzene ring substituents is 1. The summed E-state index contributed by atoms with van der Waals surface area (Å²) in [6.45, 7) is 6.29. The average Bonchev–Trinajstić information content (AvgIpc) is 3.28. The van der Waals surface area contributed by atoms with Crippen molar-refractivity contribution < 1.29 is 62.5 Å². The Morgan fingerprint density at radius 2 is 1.62 bits per heavy atom. The number of benzene rings is 4. The van der Waals surface area contributed by atoms with Crippen LogP contribution < -0.4 is 24.6 Å². The van der Waals surface area contributed by atoms with Crippen molar-refractivity contribution in [3.8, 4) is 17.2 Å². The number of carboxylic acids is 1. The predicted molar refractivity (Wildman–Crippen MR) is 253 cm³/mol.